The van der Waals surface area contributed by atoms with Crippen molar-refractivity contribution in [2.24, 2.45) is 0 Å². The number of nitrogens with zero attached hydrogens (tertiary/aromatic N) is 2. The molecule has 2 heterocycles. The Morgan fingerprint density at radius 2 is 1.95 bits per heavy atom. The molecule has 0 radical (unpaired) electrons. The van der Waals surface area contributed by atoms with E-state index in [1.165, 1.54) is 11.3 Å². The van der Waals surface area contributed by atoms with Crippen LogP contribution in [0.5, 0.6) is 0 Å². The van der Waals surface area contributed by atoms with Gasteiger partial charge in [0.05, 0.1) is 6.61 Å². The van der Waals surface area contributed by atoms with Gasteiger partial charge < -0.3 is 5.11 Å². The summed E-state index contributed by atoms with van der Waals surface area (Å²) in [4.78, 5) is 3.07. The summed E-state index contributed by atoms with van der Waals surface area (Å²) in [6.07, 6.45) is 1.08. The Labute approximate surface area is 131 Å². The maximum Gasteiger partial charge on any atom is 0.252 e. The second kappa shape index (κ2) is 6.75. The van der Waals surface area contributed by atoms with E-state index in [0.29, 0.717) is 23.3 Å². The molecule has 1 aromatic rings. The van der Waals surface area contributed by atoms with E-state index < -0.39 is 10.0 Å². The maximum absolute atomic E-state index is 12.7. The van der Waals surface area contributed by atoms with Gasteiger partial charge in [-0.3, -0.25) is 4.90 Å². The minimum atomic E-state index is -3.42. The standard InChI is InChI=1S/C14H24N2O3S2/c1-4-12(3)15-5-7-16(8-6-15)21(18,19)14-9-11(2)13(10-17)20-14/h9,12,17H,4-8,10H2,1-3H3. The molecule has 0 aromatic carbocycles. The number of hydrogen-bond acceptors (Lipinski definition) is 5. The van der Waals surface area contributed by atoms with Gasteiger partial charge in [0.15, 0.2) is 0 Å². The molecule has 1 saturated heterocycles. The largest absolute Gasteiger partial charge is 0.391 e. The van der Waals surface area contributed by atoms with Crippen molar-refractivity contribution in [3.8, 4) is 0 Å². The van der Waals surface area contributed by atoms with Crippen molar-refractivity contribution in [3.05, 3.63) is 16.5 Å². The van der Waals surface area contributed by atoms with Crippen LogP contribution >= 0.6 is 11.3 Å². The van der Waals surface area contributed by atoms with Crippen LogP contribution in [0.2, 0.25) is 0 Å². The van der Waals surface area contributed by atoms with Crippen molar-refractivity contribution in [3.63, 3.8) is 0 Å². The van der Waals surface area contributed by atoms with E-state index in [2.05, 4.69) is 18.7 Å². The van der Waals surface area contributed by atoms with E-state index in [-0.39, 0.29) is 6.61 Å². The molecule has 0 aliphatic carbocycles. The molecule has 2 rings (SSSR count). The predicted molar refractivity (Wildman–Crippen MR) is 85.1 cm³/mol. The third kappa shape index (κ3) is 3.48. The smallest absolute Gasteiger partial charge is 0.252 e. The van der Waals surface area contributed by atoms with Crippen molar-refractivity contribution >= 4 is 21.4 Å². The van der Waals surface area contributed by atoms with Crippen LogP contribution in [-0.2, 0) is 16.6 Å². The van der Waals surface area contributed by atoms with E-state index >= 15 is 0 Å². The van der Waals surface area contributed by atoms with Crippen molar-refractivity contribution in [1.82, 2.24) is 9.21 Å². The first-order valence-electron chi connectivity index (χ1n) is 7.34. The van der Waals surface area contributed by atoms with Crippen LogP contribution in [0.15, 0.2) is 10.3 Å². The number of aryl methyl sites for hydroxylation is 1. The summed E-state index contributed by atoms with van der Waals surface area (Å²) in [6, 6.07) is 2.17. The fourth-order valence-electron chi connectivity index (χ4n) is 2.54. The van der Waals surface area contributed by atoms with E-state index in [0.717, 1.165) is 30.0 Å². The number of aliphatic hydroxyl groups is 1. The highest BCUT2D eigenvalue weighted by Crippen LogP contribution is 2.29. The van der Waals surface area contributed by atoms with E-state index in [1.807, 2.05) is 6.92 Å². The lowest BCUT2D eigenvalue weighted by atomic mass is 10.2. The summed E-state index contributed by atoms with van der Waals surface area (Å²) < 4.78 is 27.2. The van der Waals surface area contributed by atoms with Crippen LogP contribution in [0.1, 0.15) is 30.7 Å². The van der Waals surface area contributed by atoms with Gasteiger partial charge >= 0.3 is 0 Å². The lowest BCUT2D eigenvalue weighted by Gasteiger charge is -2.36. The molecular formula is C14H24N2O3S2. The highest BCUT2D eigenvalue weighted by atomic mass is 32.2. The zero-order valence-corrected chi connectivity index (χ0v) is 14.5. The lowest BCUT2D eigenvalue weighted by molar-refractivity contribution is 0.143. The molecule has 1 aromatic heterocycles. The first-order chi connectivity index (χ1) is 9.90. The zero-order chi connectivity index (χ0) is 15.6. The summed E-state index contributed by atoms with van der Waals surface area (Å²) in [7, 11) is -3.42. The average molecular weight is 332 g/mol. The third-order valence-corrected chi connectivity index (χ3v) is 7.79. The molecule has 0 amide bonds. The van der Waals surface area contributed by atoms with Gasteiger partial charge in [-0.15, -0.1) is 11.3 Å². The van der Waals surface area contributed by atoms with Crippen LogP contribution in [0.25, 0.3) is 0 Å². The Morgan fingerprint density at radius 3 is 2.43 bits per heavy atom. The second-order valence-electron chi connectivity index (χ2n) is 5.53. The lowest BCUT2D eigenvalue weighted by Crippen LogP contribution is -2.50. The van der Waals surface area contributed by atoms with E-state index in [9.17, 15) is 13.5 Å². The second-order valence-corrected chi connectivity index (χ2v) is 8.83. The van der Waals surface area contributed by atoms with Crippen LogP contribution < -0.4 is 0 Å². The highest BCUT2D eigenvalue weighted by Gasteiger charge is 2.31. The summed E-state index contributed by atoms with van der Waals surface area (Å²) in [5.41, 5.74) is 0.847. The van der Waals surface area contributed by atoms with Crippen molar-refractivity contribution in [1.29, 1.82) is 0 Å². The monoisotopic (exact) mass is 332 g/mol. The molecule has 5 nitrogen and oxygen atoms in total. The van der Waals surface area contributed by atoms with E-state index in [1.54, 1.807) is 10.4 Å². The summed E-state index contributed by atoms with van der Waals surface area (Å²) >= 11 is 1.18. The quantitative estimate of drug-likeness (QED) is 0.891. The van der Waals surface area contributed by atoms with Gasteiger partial charge in [-0.05, 0) is 31.9 Å². The van der Waals surface area contributed by atoms with Gasteiger partial charge in [-0.25, -0.2) is 8.42 Å². The molecule has 1 N–H and O–H groups in total. The third-order valence-electron chi connectivity index (χ3n) is 4.22. The Hall–Kier alpha value is -0.470. The number of hydrogen-bond donors (Lipinski definition) is 1. The molecule has 0 saturated carbocycles. The van der Waals surface area contributed by atoms with Gasteiger partial charge in [0, 0.05) is 37.1 Å². The van der Waals surface area contributed by atoms with Gasteiger partial charge in [-0.2, -0.15) is 4.31 Å². The van der Waals surface area contributed by atoms with Gasteiger partial charge in [0.2, 0.25) is 0 Å². The van der Waals surface area contributed by atoms with Crippen molar-refractivity contribution < 1.29 is 13.5 Å². The van der Waals surface area contributed by atoms with Crippen molar-refractivity contribution in [2.45, 2.75) is 44.0 Å². The molecule has 1 unspecified atom stereocenters. The molecule has 21 heavy (non-hydrogen) atoms. The Balaban J connectivity index is 2.11. The molecule has 1 aliphatic heterocycles. The van der Waals surface area contributed by atoms with Crippen LogP contribution in [0.3, 0.4) is 0 Å². The highest BCUT2D eigenvalue weighted by molar-refractivity contribution is 7.91. The van der Waals surface area contributed by atoms with Crippen LogP contribution in [-0.4, -0.2) is 55.0 Å². The fourth-order valence-corrected chi connectivity index (χ4v) is 5.57. The number of piperazine rings is 1. The molecule has 7 heteroatoms. The Bertz CT molecular complexity index is 575. The van der Waals surface area contributed by atoms with Crippen LogP contribution in [0, 0.1) is 6.92 Å². The number of sulfonamides is 1. The molecule has 120 valence electrons. The zero-order valence-electron chi connectivity index (χ0n) is 12.9. The summed E-state index contributed by atoms with van der Waals surface area (Å²) in [6.45, 7) is 8.71. The molecule has 1 atom stereocenters. The first-order valence-corrected chi connectivity index (χ1v) is 9.60. The topological polar surface area (TPSA) is 60.9 Å². The predicted octanol–water partition coefficient (Wildman–Crippen LogP) is 1.65. The number of aliphatic hydroxyl groups excluding tert-OH is 1. The van der Waals surface area contributed by atoms with E-state index in [4.69, 9.17) is 0 Å². The SMILES string of the molecule is CCC(C)N1CCN(S(=O)(=O)c2cc(C)c(CO)s2)CC1. The molecule has 1 aliphatic rings. The Morgan fingerprint density at radius 1 is 1.33 bits per heavy atom. The minimum Gasteiger partial charge on any atom is -0.391 e. The average Bonchev–Trinajstić information content (AvgIpc) is 2.88. The van der Waals surface area contributed by atoms with Gasteiger partial charge in [0.25, 0.3) is 10.0 Å². The molecule has 0 bridgehead atoms. The number of rotatable bonds is 5. The van der Waals surface area contributed by atoms with Gasteiger partial charge in [-0.1, -0.05) is 6.92 Å². The summed E-state index contributed by atoms with van der Waals surface area (Å²) in [5.74, 6) is 0. The van der Waals surface area contributed by atoms with Gasteiger partial charge in [0.1, 0.15) is 4.21 Å². The van der Waals surface area contributed by atoms with Crippen molar-refractivity contribution in [2.75, 3.05) is 26.2 Å². The molecule has 0 spiro atoms. The Kier molecular flexibility index (Phi) is 5.43. The maximum atomic E-state index is 12.7. The molecular weight excluding hydrogens is 308 g/mol. The summed E-state index contributed by atoms with van der Waals surface area (Å²) in [5, 5.41) is 9.23. The molecule has 1 fully saturated rings. The number of thiophene rings is 1. The minimum absolute atomic E-state index is 0.103. The fraction of sp³-hybridized carbons (Fsp3) is 0.714. The normalized spacial score (nSPS) is 19.8. The van der Waals surface area contributed by atoms with Crippen LogP contribution in [0.4, 0.5) is 0 Å². The first kappa shape index (κ1) is 16.9.